The number of allylic oxidation sites excluding steroid dienone is 1. The molecule has 1 N–H and O–H groups in total. The second-order valence-corrected chi connectivity index (χ2v) is 5.88. The van der Waals surface area contributed by atoms with E-state index in [1.54, 1.807) is 0 Å². The molecule has 0 bridgehead atoms. The summed E-state index contributed by atoms with van der Waals surface area (Å²) in [6.07, 6.45) is 5.03. The van der Waals surface area contributed by atoms with Gasteiger partial charge in [0.25, 0.3) is 5.57 Å². The van der Waals surface area contributed by atoms with Crippen molar-refractivity contribution >= 4 is 5.97 Å². The summed E-state index contributed by atoms with van der Waals surface area (Å²) in [5.74, 6) is -0.492. The zero-order chi connectivity index (χ0) is 13.6. The molecule has 0 amide bonds. The number of aliphatic hydroxyl groups is 1. The van der Waals surface area contributed by atoms with Crippen LogP contribution in [0, 0.1) is 12.5 Å². The van der Waals surface area contributed by atoms with Crippen LogP contribution in [-0.2, 0) is 14.3 Å². The van der Waals surface area contributed by atoms with Crippen molar-refractivity contribution in [1.82, 2.24) is 0 Å². The average Bonchev–Trinajstić information content (AvgIpc) is 2.97. The molecule has 0 radical (unpaired) electrons. The lowest BCUT2D eigenvalue weighted by Crippen LogP contribution is -2.29. The molecule has 2 heterocycles. The van der Waals surface area contributed by atoms with Crippen molar-refractivity contribution in [3.63, 3.8) is 0 Å². The first-order valence-electron chi connectivity index (χ1n) is 6.85. The van der Waals surface area contributed by atoms with Gasteiger partial charge in [-0.05, 0) is 38.2 Å². The minimum atomic E-state index is -0.401. The van der Waals surface area contributed by atoms with E-state index in [0.29, 0.717) is 5.57 Å². The van der Waals surface area contributed by atoms with Crippen LogP contribution in [0.2, 0.25) is 0 Å². The number of carbonyl (C=O) groups excluding carboxylic acids is 1. The zero-order valence-corrected chi connectivity index (χ0v) is 11.1. The highest BCUT2D eigenvalue weighted by molar-refractivity contribution is 5.90. The Morgan fingerprint density at radius 3 is 3.11 bits per heavy atom. The molecule has 4 atom stereocenters. The summed E-state index contributed by atoms with van der Waals surface area (Å²) in [6, 6.07) is 0. The number of aliphatic hydroxyl groups excluding tert-OH is 1. The smallest absolute Gasteiger partial charge is 0.392 e. The van der Waals surface area contributed by atoms with Crippen molar-refractivity contribution in [3.05, 3.63) is 23.8 Å². The third kappa shape index (κ3) is 2.10. The van der Waals surface area contributed by atoms with E-state index in [9.17, 15) is 9.90 Å². The number of ether oxygens (including phenoxy) is 2. The topological polar surface area (TPSA) is 59.1 Å². The van der Waals surface area contributed by atoms with Gasteiger partial charge in [-0.25, -0.2) is 0 Å². The molecule has 102 valence electrons. The molecule has 2 fully saturated rings. The summed E-state index contributed by atoms with van der Waals surface area (Å²) < 4.78 is 11.2. The number of hydrogen-bond donors (Lipinski definition) is 1. The number of hydrogen-bond acceptors (Lipinski definition) is 4. The maximum Gasteiger partial charge on any atom is 0.488 e. The summed E-state index contributed by atoms with van der Waals surface area (Å²) in [5.41, 5.74) is 1.09. The molecule has 0 unspecified atom stereocenters. The lowest BCUT2D eigenvalue weighted by atomic mass is 9.84. The largest absolute Gasteiger partial charge is 0.488 e. The van der Waals surface area contributed by atoms with Gasteiger partial charge in [0.15, 0.2) is 6.10 Å². The van der Waals surface area contributed by atoms with Gasteiger partial charge in [0.1, 0.15) is 6.10 Å². The predicted molar refractivity (Wildman–Crippen MR) is 68.1 cm³/mol. The van der Waals surface area contributed by atoms with Crippen LogP contribution in [0.25, 0.3) is 0 Å². The number of carbonyl (C=O) groups is 1. The van der Waals surface area contributed by atoms with Crippen LogP contribution in [0.5, 0.6) is 0 Å². The van der Waals surface area contributed by atoms with Gasteiger partial charge >= 0.3 is 5.97 Å². The van der Waals surface area contributed by atoms with Crippen molar-refractivity contribution in [2.45, 2.75) is 50.4 Å². The number of fused-ring (bicyclic) bond motifs is 3. The van der Waals surface area contributed by atoms with E-state index in [2.05, 4.69) is 6.08 Å². The van der Waals surface area contributed by atoms with Gasteiger partial charge in [0.2, 0.25) is 0 Å². The Kier molecular flexibility index (Phi) is 2.97. The van der Waals surface area contributed by atoms with E-state index >= 15 is 0 Å². The monoisotopic (exact) mass is 263 g/mol. The second kappa shape index (κ2) is 4.41. The number of esters is 1. The van der Waals surface area contributed by atoms with E-state index < -0.39 is 5.97 Å². The van der Waals surface area contributed by atoms with E-state index in [1.807, 2.05) is 6.92 Å². The highest BCUT2D eigenvalue weighted by Crippen LogP contribution is 2.49. The van der Waals surface area contributed by atoms with Crippen LogP contribution in [0.4, 0.5) is 0 Å². The lowest BCUT2D eigenvalue weighted by Gasteiger charge is -2.16. The Morgan fingerprint density at radius 1 is 1.58 bits per heavy atom. The standard InChI is InChI=1S/C15H19O4/c1-9-11-6-5-10(8-16)4-3-7-15(2)13(19-15)12(11)18-14(9)17/h1,4,11-13,16H,3,5-8H2,2H3/q+1/b10-4+/t11-,12-,13-,15+/m0/s1. The van der Waals surface area contributed by atoms with Gasteiger partial charge in [0.05, 0.1) is 24.7 Å². The summed E-state index contributed by atoms with van der Waals surface area (Å²) >= 11 is 0. The van der Waals surface area contributed by atoms with Gasteiger partial charge in [-0.1, -0.05) is 6.08 Å². The molecule has 0 aromatic heterocycles. The molecule has 19 heavy (non-hydrogen) atoms. The molecule has 1 aliphatic carbocycles. The van der Waals surface area contributed by atoms with Crippen molar-refractivity contribution in [1.29, 1.82) is 0 Å². The minimum absolute atomic E-state index is 0.0356. The molecule has 4 nitrogen and oxygen atoms in total. The van der Waals surface area contributed by atoms with Crippen molar-refractivity contribution in [2.24, 2.45) is 5.92 Å². The fourth-order valence-corrected chi connectivity index (χ4v) is 3.22. The normalized spacial score (nSPS) is 44.7. The maximum absolute atomic E-state index is 11.7. The molecular weight excluding hydrogens is 244 g/mol. The van der Waals surface area contributed by atoms with E-state index in [0.717, 1.165) is 31.3 Å². The Hall–Kier alpha value is -1.22. The van der Waals surface area contributed by atoms with Crippen LogP contribution >= 0.6 is 0 Å². The molecule has 0 saturated carbocycles. The van der Waals surface area contributed by atoms with Crippen molar-refractivity contribution < 1.29 is 19.4 Å². The predicted octanol–water partition coefficient (Wildman–Crippen LogP) is 1.54. The van der Waals surface area contributed by atoms with Crippen LogP contribution in [0.15, 0.2) is 17.2 Å². The quantitative estimate of drug-likeness (QED) is 0.256. The molecule has 2 saturated heterocycles. The van der Waals surface area contributed by atoms with E-state index in [4.69, 9.17) is 16.1 Å². The molecule has 0 aromatic rings. The van der Waals surface area contributed by atoms with Gasteiger partial charge in [-0.2, -0.15) is 0 Å². The van der Waals surface area contributed by atoms with Crippen molar-refractivity contribution in [2.75, 3.05) is 6.61 Å². The number of epoxide rings is 1. The minimum Gasteiger partial charge on any atom is -0.392 e. The van der Waals surface area contributed by atoms with Crippen LogP contribution in [-0.4, -0.2) is 35.5 Å². The fourth-order valence-electron chi connectivity index (χ4n) is 3.22. The Balaban J connectivity index is 1.86. The van der Waals surface area contributed by atoms with Crippen molar-refractivity contribution in [3.8, 4) is 0 Å². The first-order chi connectivity index (χ1) is 9.05. The molecule has 3 rings (SSSR count). The molecule has 2 aliphatic heterocycles. The van der Waals surface area contributed by atoms with Crippen LogP contribution in [0.1, 0.15) is 32.6 Å². The van der Waals surface area contributed by atoms with Crippen LogP contribution in [0.3, 0.4) is 0 Å². The van der Waals surface area contributed by atoms with Gasteiger partial charge < -0.3 is 14.6 Å². The summed E-state index contributed by atoms with van der Waals surface area (Å²) in [7, 11) is 0. The summed E-state index contributed by atoms with van der Waals surface area (Å²) in [6.45, 7) is 7.97. The zero-order valence-electron chi connectivity index (χ0n) is 11.1. The fraction of sp³-hybridized carbons (Fsp3) is 0.667. The lowest BCUT2D eigenvalue weighted by molar-refractivity contribution is -0.140. The van der Waals surface area contributed by atoms with Crippen LogP contribution < -0.4 is 0 Å². The Labute approximate surface area is 113 Å². The first kappa shape index (κ1) is 12.8. The van der Waals surface area contributed by atoms with E-state index in [-0.39, 0.29) is 30.3 Å². The molecule has 0 spiro atoms. The summed E-state index contributed by atoms with van der Waals surface area (Å²) in [5, 5.41) is 9.33. The molecule has 0 aromatic carbocycles. The average molecular weight is 263 g/mol. The number of rotatable bonds is 1. The maximum atomic E-state index is 11.7. The van der Waals surface area contributed by atoms with Gasteiger partial charge in [-0.15, -0.1) is 4.79 Å². The second-order valence-electron chi connectivity index (χ2n) is 5.88. The third-order valence-corrected chi connectivity index (χ3v) is 4.57. The Bertz CT molecular complexity index is 453. The van der Waals surface area contributed by atoms with Gasteiger partial charge in [-0.3, -0.25) is 0 Å². The Morgan fingerprint density at radius 2 is 2.37 bits per heavy atom. The summed E-state index contributed by atoms with van der Waals surface area (Å²) in [4.78, 5) is 11.7. The van der Waals surface area contributed by atoms with E-state index in [1.165, 1.54) is 0 Å². The molecular formula is C15H19O4+. The first-order valence-corrected chi connectivity index (χ1v) is 6.85. The molecule has 4 heteroatoms. The highest BCUT2D eigenvalue weighted by atomic mass is 16.6. The highest BCUT2D eigenvalue weighted by Gasteiger charge is 2.64. The van der Waals surface area contributed by atoms with Gasteiger partial charge in [0, 0.05) is 0 Å². The third-order valence-electron chi connectivity index (χ3n) is 4.57. The molecule has 3 aliphatic rings. The SMILES string of the molecule is [CH+]=C1C(=O)O[C@H]2[C@H]1CC/C(CO)=C\CC[C@@]1(C)O[C@@H]21.